The molecule has 0 spiro atoms. The summed E-state index contributed by atoms with van der Waals surface area (Å²) in [4.78, 5) is 3.26. The second-order valence-corrected chi connectivity index (χ2v) is 8.06. The molecule has 1 aliphatic heterocycles. The second-order valence-electron chi connectivity index (χ2n) is 4.60. The van der Waals surface area contributed by atoms with Crippen molar-refractivity contribution in [3.8, 4) is 0 Å². The highest BCUT2D eigenvalue weighted by Gasteiger charge is 2.29. The Morgan fingerprint density at radius 3 is 2.47 bits per heavy atom. The zero-order valence-electron chi connectivity index (χ0n) is 11.3. The Hall–Kier alpha value is -0.470. The summed E-state index contributed by atoms with van der Waals surface area (Å²) in [6, 6.07) is 3.55. The SMILES string of the molecule is COCCN1CCN(S(=O)(=O)c2ccc(C)s2)CC1. The maximum Gasteiger partial charge on any atom is 0.252 e. The molecule has 0 amide bonds. The van der Waals surface area contributed by atoms with Crippen LogP contribution in [0, 0.1) is 6.92 Å². The molecule has 1 aromatic heterocycles. The van der Waals surface area contributed by atoms with Crippen molar-refractivity contribution < 1.29 is 13.2 Å². The van der Waals surface area contributed by atoms with E-state index in [0.29, 0.717) is 23.9 Å². The Balaban J connectivity index is 1.97. The summed E-state index contributed by atoms with van der Waals surface area (Å²) in [7, 11) is -1.61. The van der Waals surface area contributed by atoms with Gasteiger partial charge in [-0.3, -0.25) is 4.90 Å². The third-order valence-corrected chi connectivity index (χ3v) is 6.62. The van der Waals surface area contributed by atoms with Crippen LogP contribution in [0.4, 0.5) is 0 Å². The Labute approximate surface area is 118 Å². The fraction of sp³-hybridized carbons (Fsp3) is 0.667. The van der Waals surface area contributed by atoms with Crippen molar-refractivity contribution in [1.82, 2.24) is 9.21 Å². The maximum absolute atomic E-state index is 12.4. The van der Waals surface area contributed by atoms with Crippen molar-refractivity contribution in [3.63, 3.8) is 0 Å². The van der Waals surface area contributed by atoms with E-state index >= 15 is 0 Å². The first-order valence-electron chi connectivity index (χ1n) is 6.32. The van der Waals surface area contributed by atoms with Crippen molar-refractivity contribution in [1.29, 1.82) is 0 Å². The van der Waals surface area contributed by atoms with Crippen LogP contribution in [-0.4, -0.2) is 64.1 Å². The van der Waals surface area contributed by atoms with Gasteiger partial charge < -0.3 is 4.74 Å². The fourth-order valence-corrected chi connectivity index (χ4v) is 4.95. The van der Waals surface area contributed by atoms with E-state index in [1.807, 2.05) is 13.0 Å². The predicted octanol–water partition coefficient (Wildman–Crippen LogP) is 1.01. The van der Waals surface area contributed by atoms with Gasteiger partial charge in [-0.2, -0.15) is 4.31 Å². The van der Waals surface area contributed by atoms with Gasteiger partial charge in [-0.1, -0.05) is 0 Å². The average molecular weight is 304 g/mol. The van der Waals surface area contributed by atoms with Crippen LogP contribution in [0.5, 0.6) is 0 Å². The molecule has 2 rings (SSSR count). The van der Waals surface area contributed by atoms with Crippen LogP contribution >= 0.6 is 11.3 Å². The van der Waals surface area contributed by atoms with Gasteiger partial charge in [0.15, 0.2) is 0 Å². The monoisotopic (exact) mass is 304 g/mol. The Morgan fingerprint density at radius 2 is 1.95 bits per heavy atom. The van der Waals surface area contributed by atoms with E-state index in [2.05, 4.69) is 4.90 Å². The molecule has 7 heteroatoms. The van der Waals surface area contributed by atoms with Crippen LogP contribution in [0.25, 0.3) is 0 Å². The molecule has 0 aliphatic carbocycles. The minimum Gasteiger partial charge on any atom is -0.383 e. The van der Waals surface area contributed by atoms with E-state index in [1.54, 1.807) is 17.5 Å². The lowest BCUT2D eigenvalue weighted by molar-refractivity contribution is 0.123. The number of sulfonamides is 1. The molecule has 0 atom stereocenters. The van der Waals surface area contributed by atoms with E-state index < -0.39 is 10.0 Å². The Bertz CT molecular complexity index is 505. The molecule has 108 valence electrons. The highest BCUT2D eigenvalue weighted by atomic mass is 32.2. The lowest BCUT2D eigenvalue weighted by Gasteiger charge is -2.33. The van der Waals surface area contributed by atoms with Crippen molar-refractivity contribution >= 4 is 21.4 Å². The zero-order valence-corrected chi connectivity index (χ0v) is 13.0. The molecular formula is C12H20N2O3S2. The summed E-state index contributed by atoms with van der Waals surface area (Å²) in [6.45, 7) is 6.14. The number of nitrogens with zero attached hydrogens (tertiary/aromatic N) is 2. The van der Waals surface area contributed by atoms with Crippen LogP contribution in [0.15, 0.2) is 16.3 Å². The largest absolute Gasteiger partial charge is 0.383 e. The highest BCUT2D eigenvalue weighted by molar-refractivity contribution is 7.91. The molecule has 0 aromatic carbocycles. The molecule has 0 unspecified atom stereocenters. The Kier molecular flexibility index (Phi) is 4.97. The third kappa shape index (κ3) is 3.55. The molecule has 1 aliphatic rings. The van der Waals surface area contributed by atoms with Crippen molar-refractivity contribution in [2.75, 3.05) is 46.4 Å². The minimum absolute atomic E-state index is 0.454. The van der Waals surface area contributed by atoms with Gasteiger partial charge in [0, 0.05) is 44.7 Å². The first-order valence-corrected chi connectivity index (χ1v) is 8.57. The minimum atomic E-state index is -3.29. The lowest BCUT2D eigenvalue weighted by atomic mass is 10.4. The van der Waals surface area contributed by atoms with Gasteiger partial charge in [0.25, 0.3) is 10.0 Å². The van der Waals surface area contributed by atoms with Crippen molar-refractivity contribution in [2.45, 2.75) is 11.1 Å². The quantitative estimate of drug-likeness (QED) is 0.814. The molecule has 0 N–H and O–H groups in total. The summed E-state index contributed by atoms with van der Waals surface area (Å²) in [5, 5.41) is 0. The number of methoxy groups -OCH3 is 1. The molecule has 1 aromatic rings. The third-order valence-electron chi connectivity index (χ3n) is 3.25. The van der Waals surface area contributed by atoms with Gasteiger partial charge in [0.05, 0.1) is 6.61 Å². The smallest absolute Gasteiger partial charge is 0.252 e. The Morgan fingerprint density at radius 1 is 1.26 bits per heavy atom. The second kappa shape index (κ2) is 6.32. The number of ether oxygens (including phenoxy) is 1. The molecule has 0 bridgehead atoms. The summed E-state index contributed by atoms with van der Waals surface area (Å²) < 4.78 is 31.9. The maximum atomic E-state index is 12.4. The van der Waals surface area contributed by atoms with Gasteiger partial charge in [0.2, 0.25) is 0 Å². The average Bonchev–Trinajstić information content (AvgIpc) is 2.84. The summed E-state index contributed by atoms with van der Waals surface area (Å²) in [5.41, 5.74) is 0. The number of piperazine rings is 1. The van der Waals surface area contributed by atoms with Crippen LogP contribution in [0.3, 0.4) is 0 Å². The van der Waals surface area contributed by atoms with Crippen LogP contribution in [0.2, 0.25) is 0 Å². The topological polar surface area (TPSA) is 49.9 Å². The molecule has 1 saturated heterocycles. The number of thiophene rings is 1. The normalized spacial score (nSPS) is 18.8. The van der Waals surface area contributed by atoms with Gasteiger partial charge in [-0.15, -0.1) is 11.3 Å². The molecule has 0 saturated carbocycles. The summed E-state index contributed by atoms with van der Waals surface area (Å²) >= 11 is 1.34. The van der Waals surface area contributed by atoms with E-state index in [-0.39, 0.29) is 0 Å². The molecule has 1 fully saturated rings. The zero-order chi connectivity index (χ0) is 13.9. The van der Waals surface area contributed by atoms with E-state index in [1.165, 1.54) is 11.3 Å². The van der Waals surface area contributed by atoms with Crippen LogP contribution in [0.1, 0.15) is 4.88 Å². The highest BCUT2D eigenvalue weighted by Crippen LogP contribution is 2.24. The number of aryl methyl sites for hydroxylation is 1. The molecule has 0 radical (unpaired) electrons. The first kappa shape index (κ1) is 14.9. The summed E-state index contributed by atoms with van der Waals surface area (Å²) in [5.74, 6) is 0. The number of hydrogen-bond acceptors (Lipinski definition) is 5. The molecule has 5 nitrogen and oxygen atoms in total. The number of hydrogen-bond donors (Lipinski definition) is 0. The number of rotatable bonds is 5. The van der Waals surface area contributed by atoms with E-state index in [4.69, 9.17) is 4.74 Å². The lowest BCUT2D eigenvalue weighted by Crippen LogP contribution is -2.49. The summed E-state index contributed by atoms with van der Waals surface area (Å²) in [6.07, 6.45) is 0. The van der Waals surface area contributed by atoms with Gasteiger partial charge in [0.1, 0.15) is 4.21 Å². The first-order chi connectivity index (χ1) is 9.04. The fourth-order valence-electron chi connectivity index (χ4n) is 2.09. The van der Waals surface area contributed by atoms with Crippen LogP contribution in [-0.2, 0) is 14.8 Å². The van der Waals surface area contributed by atoms with Crippen molar-refractivity contribution in [3.05, 3.63) is 17.0 Å². The van der Waals surface area contributed by atoms with E-state index in [0.717, 1.165) is 24.5 Å². The molecular weight excluding hydrogens is 284 g/mol. The van der Waals surface area contributed by atoms with E-state index in [9.17, 15) is 8.42 Å². The van der Waals surface area contributed by atoms with Gasteiger partial charge >= 0.3 is 0 Å². The standard InChI is InChI=1S/C12H20N2O3S2/c1-11-3-4-12(18-11)19(15,16)14-7-5-13(6-8-14)9-10-17-2/h3-4H,5-10H2,1-2H3. The van der Waals surface area contributed by atoms with Gasteiger partial charge in [-0.25, -0.2) is 8.42 Å². The van der Waals surface area contributed by atoms with Gasteiger partial charge in [-0.05, 0) is 19.1 Å². The molecule has 19 heavy (non-hydrogen) atoms. The van der Waals surface area contributed by atoms with Crippen molar-refractivity contribution in [2.24, 2.45) is 0 Å². The van der Waals surface area contributed by atoms with Crippen LogP contribution < -0.4 is 0 Å². The predicted molar refractivity (Wildman–Crippen MR) is 76.1 cm³/mol. The molecule has 2 heterocycles.